The maximum Gasteiger partial charge on any atom is 0.338 e. The molecule has 124 heavy (non-hydrogen) atoms. The van der Waals surface area contributed by atoms with Crippen LogP contribution >= 0.6 is 0 Å². The van der Waals surface area contributed by atoms with Gasteiger partial charge in [-0.05, 0) is 89.4 Å². The Balaban J connectivity index is 1.21. The van der Waals surface area contributed by atoms with Gasteiger partial charge in [0, 0.05) is 13.8 Å². The molecule has 37 nitrogen and oxygen atoms in total. The Hall–Kier alpha value is -10.6. The Kier molecular flexibility index (Phi) is 32.3. The first-order valence-electron chi connectivity index (χ1n) is 38.7. The average Bonchev–Trinajstić information content (AvgIpc) is 0.759. The molecule has 0 aromatic heterocycles. The highest BCUT2D eigenvalue weighted by Gasteiger charge is 2.65. The third-order valence-corrected chi connectivity index (χ3v) is 28.0. The van der Waals surface area contributed by atoms with Crippen molar-refractivity contribution in [3.05, 3.63) is 228 Å². The zero-order valence-corrected chi connectivity index (χ0v) is 71.5. The highest BCUT2D eigenvalue weighted by molar-refractivity contribution is 7.81. The van der Waals surface area contributed by atoms with Crippen LogP contribution in [0, 0.1) is 0 Å². The number of ether oxygens (including phenoxy) is 16. The van der Waals surface area contributed by atoms with Gasteiger partial charge in [-0.1, -0.05) is 157 Å². The third kappa shape index (κ3) is 24.3. The van der Waals surface area contributed by atoms with Gasteiger partial charge < -0.3 is 100.0 Å². The fraction of sp³-hybridized carbons (Fsp3) is 0.429. The third-order valence-electron chi connectivity index (χ3n) is 20.6. The van der Waals surface area contributed by atoms with Crippen molar-refractivity contribution < 1.29 is 162 Å². The van der Waals surface area contributed by atoms with Gasteiger partial charge in [-0.3, -0.25) is 18.0 Å². The largest absolute Gasteiger partial charge is 0.726 e. The van der Waals surface area contributed by atoms with Gasteiger partial charge in [0.1, 0.15) is 74.1 Å². The summed E-state index contributed by atoms with van der Waals surface area (Å²) in [6.45, 7) is 15.7. The molecule has 0 aliphatic carbocycles. The van der Waals surface area contributed by atoms with E-state index >= 15 is 24.0 Å². The van der Waals surface area contributed by atoms with Crippen molar-refractivity contribution >= 4 is 88.7 Å². The molecule has 8 unspecified atom stereocenters. The number of carbonyl (C=O) groups is 10. The second-order valence-electron chi connectivity index (χ2n) is 30.8. The topological polar surface area (TPSA) is 485 Å². The van der Waals surface area contributed by atoms with Gasteiger partial charge in [0.2, 0.25) is 40.9 Å². The first kappa shape index (κ1) is 95.6. The number of benzene rings is 6. The molecule has 6 aromatic rings. The summed E-state index contributed by atoms with van der Waals surface area (Å²) in [6, 6.07) is 37.8. The van der Waals surface area contributed by atoms with Crippen LogP contribution in [0.1, 0.15) is 118 Å². The van der Waals surface area contributed by atoms with Gasteiger partial charge in [-0.2, -0.15) is 0 Å². The lowest BCUT2D eigenvalue weighted by atomic mass is 9.93. The number of hydrogen-bond donors (Lipinski definition) is 2. The molecular weight excluding hydrogens is 1690 g/mol. The Morgan fingerprint density at radius 2 is 0.694 bits per heavy atom. The van der Waals surface area contributed by atoms with E-state index in [-0.39, 0.29) is 33.4 Å². The highest BCUT2D eigenvalue weighted by Crippen LogP contribution is 2.54. The van der Waals surface area contributed by atoms with Crippen LogP contribution in [0.3, 0.4) is 0 Å². The first-order valence-corrected chi connectivity index (χ1v) is 43.7. The van der Waals surface area contributed by atoms with Crippen molar-refractivity contribution in [3.63, 3.8) is 0 Å². The van der Waals surface area contributed by atoms with Crippen molar-refractivity contribution in [2.24, 2.45) is 0 Å². The molecule has 4 heterocycles. The fourth-order valence-electron chi connectivity index (χ4n) is 14.3. The molecule has 0 bridgehead atoms. The molecule has 2 N–H and O–H groups in total. The molecular formula is C84H94N2O35S2Si-2. The summed E-state index contributed by atoms with van der Waals surface area (Å²) in [6.07, 6.45) is -41.9. The van der Waals surface area contributed by atoms with E-state index in [1.165, 1.54) is 164 Å². The van der Waals surface area contributed by atoms with E-state index in [4.69, 9.17) is 88.6 Å². The first-order chi connectivity index (χ1) is 58.7. The molecule has 4 aliphatic rings. The van der Waals surface area contributed by atoms with Crippen LogP contribution in [0.25, 0.3) is 0 Å². The number of rotatable bonds is 33. The normalized spacial score (nSPS) is 26.6. The number of hydrogen-bond acceptors (Lipinski definition) is 35. The Morgan fingerprint density at radius 3 is 1.00 bits per heavy atom. The molecule has 668 valence electrons. The molecule has 0 radical (unpaired) electrons. The molecule has 20 atom stereocenters. The predicted molar refractivity (Wildman–Crippen MR) is 426 cm³/mol. The second kappa shape index (κ2) is 41.9. The molecule has 40 heteroatoms. The minimum absolute atomic E-state index is 0.0490. The molecule has 4 saturated heterocycles. The van der Waals surface area contributed by atoms with Crippen LogP contribution in [0.15, 0.2) is 195 Å². The summed E-state index contributed by atoms with van der Waals surface area (Å²) < 4.78 is 199. The summed E-state index contributed by atoms with van der Waals surface area (Å²) in [5, 5.41) is 3.36. The van der Waals surface area contributed by atoms with E-state index < -0.39 is 241 Å². The molecule has 0 saturated carbocycles. The summed E-state index contributed by atoms with van der Waals surface area (Å²) in [4.78, 5) is 147. The van der Waals surface area contributed by atoms with Crippen LogP contribution in [0.4, 0.5) is 0 Å². The zero-order chi connectivity index (χ0) is 90.2. The Bertz CT molecular complexity index is 4920. The lowest BCUT2D eigenvalue weighted by Crippen LogP contribution is -2.72. The summed E-state index contributed by atoms with van der Waals surface area (Å²) in [5.74, 6) is -12.3. The number of esters is 8. The number of amides is 2. The summed E-state index contributed by atoms with van der Waals surface area (Å²) >= 11 is 0. The van der Waals surface area contributed by atoms with Crippen molar-refractivity contribution in [2.75, 3.05) is 34.0 Å². The van der Waals surface area contributed by atoms with Crippen molar-refractivity contribution in [3.8, 4) is 0 Å². The maximum absolute atomic E-state index is 15.3. The van der Waals surface area contributed by atoms with E-state index in [1.807, 2.05) is 48.1 Å². The van der Waals surface area contributed by atoms with E-state index in [1.54, 1.807) is 24.3 Å². The maximum atomic E-state index is 15.3. The smallest absolute Gasteiger partial charge is 0.338 e. The van der Waals surface area contributed by atoms with Crippen LogP contribution in [-0.4, -0.2) is 251 Å². The molecule has 6 aromatic carbocycles. The number of carbonyl (C=O) groups excluding carboxylic acids is 10. The van der Waals surface area contributed by atoms with Crippen LogP contribution in [0.2, 0.25) is 16.6 Å². The SMILES string of the molecule is C=CCO[C@@H]1OC(COC(=O)c2ccccc2)[C@H](OS(=O)(=O)[O-])[C@H](O[C@@H]2OC(C(=O)OC)[C@@H](O[C@@H]3OC(COC(=O)c4ccccc4)[C@H](OS(=O)(=O)[O-])[C@H](O[C@@H]4OC(C(=O)OC)[C@@H](O[Si](C)(C(C)(C)C)C(C)(C)C)[C@H](OC(=O)c5ccccc5)C4OC(=O)c4ccccc4)C3NC(C)=O)[C@H](OC(=O)c3ccccc3)C2OC(=O)c2ccccc2)C1NC(C)=O. The van der Waals surface area contributed by atoms with Gasteiger partial charge in [0.25, 0.3) is 0 Å². The molecule has 4 aliphatic heterocycles. The second-order valence-corrected chi connectivity index (χ2v) is 38.1. The van der Waals surface area contributed by atoms with Crippen molar-refractivity contribution in [1.29, 1.82) is 0 Å². The van der Waals surface area contributed by atoms with E-state index in [2.05, 4.69) is 17.2 Å². The quantitative estimate of drug-likeness (QED) is 0.0111. The summed E-state index contributed by atoms with van der Waals surface area (Å²) in [7, 11) is -14.1. The number of nitrogens with one attached hydrogen (secondary N) is 2. The molecule has 10 rings (SSSR count). The van der Waals surface area contributed by atoms with E-state index in [0.717, 1.165) is 28.1 Å². The highest BCUT2D eigenvalue weighted by atomic mass is 32.3. The van der Waals surface area contributed by atoms with Crippen LogP contribution in [0.5, 0.6) is 0 Å². The summed E-state index contributed by atoms with van der Waals surface area (Å²) in [5.41, 5.74) is -1.12. The fourth-order valence-corrected chi connectivity index (χ4v) is 19.0. The minimum Gasteiger partial charge on any atom is -0.726 e. The van der Waals surface area contributed by atoms with E-state index in [9.17, 15) is 49.9 Å². The lowest BCUT2D eigenvalue weighted by molar-refractivity contribution is -0.366. The molecule has 4 fully saturated rings. The minimum atomic E-state index is -6.23. The van der Waals surface area contributed by atoms with Crippen LogP contribution in [-0.2, 0) is 129 Å². The van der Waals surface area contributed by atoms with E-state index in [0.29, 0.717) is 0 Å². The van der Waals surface area contributed by atoms with Crippen molar-refractivity contribution in [1.82, 2.24) is 10.6 Å². The zero-order valence-electron chi connectivity index (χ0n) is 68.9. The molecule has 2 amide bonds. The standard InChI is InChI=1S/C84H96N2O35S2Si/c1-13-44-105-79-57(85-47(2)87)61(59(119-122(97,98)99)55(108-79)45-106-71(89)49-32-20-14-21-33-49)114-81-69(112-75(93)53-40-28-18-29-41-53)64(110-73(91)51-36-24-16-25-37-51)63(67(117-81)77(95)103-10)116-80-58(86-48(3)88)62(60(120-123(100,101)102)56(109-80)46-107-72(90)50-34-22-15-23-35-50)115-82-70(113-76(94)54-42-30-19-31-43-54)65(111-74(92)52-38-26-17-27-39-52)66(68(118-82)78(96)104-11)121-124(12,83(4,5)6)84(7,8)9/h13-43,55-70,79-82H,1,44-46H2,2-12H3,(H,85,87)(H,86,88)(H,97,98,99)(H,100,101,102)/p-2/t55?,56?,57?,58?,59-,60-,61+,62+,63-,64-,65-,66-,67?,68?,69?,70?,79+,80-,81+,82+/m0/s1. The van der Waals surface area contributed by atoms with Gasteiger partial charge in [-0.25, -0.2) is 55.2 Å². The predicted octanol–water partition coefficient (Wildman–Crippen LogP) is 6.47. The van der Waals surface area contributed by atoms with Gasteiger partial charge in [0.05, 0.1) is 54.2 Å². The van der Waals surface area contributed by atoms with Gasteiger partial charge >= 0.3 is 47.8 Å². The van der Waals surface area contributed by atoms with Crippen molar-refractivity contribution in [2.45, 2.75) is 195 Å². The monoisotopic (exact) mass is 1780 g/mol. The Labute approximate surface area is 715 Å². The molecule has 0 spiro atoms. The van der Waals surface area contributed by atoms with Crippen LogP contribution < -0.4 is 10.6 Å². The lowest BCUT2D eigenvalue weighted by Gasteiger charge is -2.54. The number of methoxy groups -OCH3 is 2. The van der Waals surface area contributed by atoms with Gasteiger partial charge in [0.15, 0.2) is 61.8 Å². The average molecular weight is 1780 g/mol. The Morgan fingerprint density at radius 1 is 0.403 bits per heavy atom. The van der Waals surface area contributed by atoms with Gasteiger partial charge in [-0.15, -0.1) is 6.58 Å².